The van der Waals surface area contributed by atoms with Gasteiger partial charge in [-0.2, -0.15) is 4.98 Å². The van der Waals surface area contributed by atoms with E-state index < -0.39 is 22.0 Å². The van der Waals surface area contributed by atoms with E-state index in [1.165, 1.54) is 14.0 Å². The molecule has 0 saturated carbocycles. The minimum Gasteiger partial charge on any atom is -0.497 e. The molecule has 0 radical (unpaired) electrons. The summed E-state index contributed by atoms with van der Waals surface area (Å²) in [5.41, 5.74) is 2.22. The Morgan fingerprint density at radius 1 is 1.23 bits per heavy atom. The first-order valence-electron chi connectivity index (χ1n) is 9.50. The number of carbonyl (C=O) groups is 1. The van der Waals surface area contributed by atoms with Crippen LogP contribution in [0.4, 0.5) is 5.69 Å². The van der Waals surface area contributed by atoms with Crippen LogP contribution in [0.3, 0.4) is 0 Å². The molecule has 1 atom stereocenters. The molecule has 3 aromatic rings. The topological polar surface area (TPSA) is 115 Å². The summed E-state index contributed by atoms with van der Waals surface area (Å²) in [5.74, 6) is 0.705. The third kappa shape index (κ3) is 5.40. The fourth-order valence-corrected chi connectivity index (χ4v) is 4.25. The smallest absolute Gasteiger partial charge is 0.246 e. The second kappa shape index (κ2) is 9.17. The fourth-order valence-electron chi connectivity index (χ4n) is 3.08. The Morgan fingerprint density at radius 3 is 2.55 bits per heavy atom. The van der Waals surface area contributed by atoms with Gasteiger partial charge in [0.2, 0.25) is 27.6 Å². The van der Waals surface area contributed by atoms with Gasteiger partial charge in [0.1, 0.15) is 11.8 Å². The molecule has 31 heavy (non-hydrogen) atoms. The predicted molar refractivity (Wildman–Crippen MR) is 116 cm³/mol. The van der Waals surface area contributed by atoms with E-state index in [-0.39, 0.29) is 12.4 Å². The number of nitrogens with one attached hydrogen (secondary N) is 1. The zero-order valence-corrected chi connectivity index (χ0v) is 18.5. The predicted octanol–water partition coefficient (Wildman–Crippen LogP) is 2.52. The Kier molecular flexibility index (Phi) is 6.59. The highest BCUT2D eigenvalue weighted by atomic mass is 32.2. The zero-order chi connectivity index (χ0) is 22.6. The molecule has 1 heterocycles. The van der Waals surface area contributed by atoms with Crippen LogP contribution in [0.2, 0.25) is 0 Å². The fraction of sp³-hybridized carbons (Fsp3) is 0.286. The molecule has 0 fully saturated rings. The number of aryl methyl sites for hydroxylation is 1. The van der Waals surface area contributed by atoms with Crippen molar-refractivity contribution in [2.75, 3.05) is 17.7 Å². The Bertz CT molecular complexity index is 1160. The third-order valence-corrected chi connectivity index (χ3v) is 5.82. The van der Waals surface area contributed by atoms with Gasteiger partial charge in [-0.1, -0.05) is 28.9 Å². The van der Waals surface area contributed by atoms with Crippen LogP contribution >= 0.6 is 0 Å². The number of amides is 1. The van der Waals surface area contributed by atoms with Gasteiger partial charge in [0.15, 0.2) is 0 Å². The van der Waals surface area contributed by atoms with Crippen molar-refractivity contribution in [2.24, 2.45) is 0 Å². The first-order chi connectivity index (χ1) is 14.7. The van der Waals surface area contributed by atoms with Gasteiger partial charge in [-0.25, -0.2) is 8.42 Å². The molecule has 0 saturated heterocycles. The number of rotatable bonds is 8. The number of nitrogens with zero attached hydrogens (tertiary/aromatic N) is 3. The van der Waals surface area contributed by atoms with Gasteiger partial charge >= 0.3 is 0 Å². The van der Waals surface area contributed by atoms with Crippen molar-refractivity contribution in [3.05, 3.63) is 60.0 Å². The van der Waals surface area contributed by atoms with Crippen LogP contribution in [0.5, 0.6) is 5.75 Å². The Morgan fingerprint density at radius 2 is 1.94 bits per heavy atom. The maximum atomic E-state index is 12.7. The van der Waals surface area contributed by atoms with Gasteiger partial charge < -0.3 is 14.6 Å². The molecule has 164 valence electrons. The summed E-state index contributed by atoms with van der Waals surface area (Å²) < 4.78 is 36.1. The monoisotopic (exact) mass is 444 g/mol. The second-order valence-corrected chi connectivity index (χ2v) is 8.89. The van der Waals surface area contributed by atoms with Gasteiger partial charge in [-0.15, -0.1) is 0 Å². The van der Waals surface area contributed by atoms with Crippen molar-refractivity contribution in [1.82, 2.24) is 15.5 Å². The summed E-state index contributed by atoms with van der Waals surface area (Å²) in [6.07, 6.45) is 1.05. The molecule has 2 aromatic carbocycles. The highest BCUT2D eigenvalue weighted by molar-refractivity contribution is 7.92. The highest BCUT2D eigenvalue weighted by Crippen LogP contribution is 2.24. The standard InChI is InChI=1S/C21H24N4O5S/c1-14-6-5-7-16(12-14)20-23-19(30-24-20)13-22-21(26)15(2)25(31(4,27)28)17-8-10-18(29-3)11-9-17/h5-12,15H,13H2,1-4H3,(H,22,26)/t15-/m0/s1. The third-order valence-electron chi connectivity index (χ3n) is 4.57. The van der Waals surface area contributed by atoms with Crippen molar-refractivity contribution < 1.29 is 22.5 Å². The van der Waals surface area contributed by atoms with Crippen LogP contribution in [0.25, 0.3) is 11.4 Å². The van der Waals surface area contributed by atoms with E-state index in [2.05, 4.69) is 15.5 Å². The number of anilines is 1. The minimum atomic E-state index is -3.72. The normalized spacial score (nSPS) is 12.3. The maximum absolute atomic E-state index is 12.7. The number of ether oxygens (including phenoxy) is 1. The molecule has 1 N–H and O–H groups in total. The summed E-state index contributed by atoms with van der Waals surface area (Å²) in [7, 11) is -2.21. The van der Waals surface area contributed by atoms with Crippen LogP contribution in [0, 0.1) is 6.92 Å². The van der Waals surface area contributed by atoms with Crippen molar-refractivity contribution >= 4 is 21.6 Å². The molecule has 0 spiro atoms. The molecule has 0 aliphatic rings. The first-order valence-corrected chi connectivity index (χ1v) is 11.3. The molecule has 9 nitrogen and oxygen atoms in total. The average Bonchev–Trinajstić information content (AvgIpc) is 3.20. The number of aromatic nitrogens is 2. The molecular formula is C21H24N4O5S. The summed E-state index contributed by atoms with van der Waals surface area (Å²) in [4.78, 5) is 17.0. The molecule has 0 bridgehead atoms. The number of carbonyl (C=O) groups excluding carboxylic acids is 1. The maximum Gasteiger partial charge on any atom is 0.246 e. The Labute approximate surface area is 181 Å². The van der Waals surface area contributed by atoms with Crippen molar-refractivity contribution in [1.29, 1.82) is 0 Å². The molecule has 1 aromatic heterocycles. The molecule has 0 unspecified atom stereocenters. The lowest BCUT2D eigenvalue weighted by Gasteiger charge is -2.28. The number of sulfonamides is 1. The van der Waals surface area contributed by atoms with E-state index in [9.17, 15) is 13.2 Å². The molecule has 10 heteroatoms. The van der Waals surface area contributed by atoms with Gasteiger partial charge in [0.05, 0.1) is 25.6 Å². The lowest BCUT2D eigenvalue weighted by molar-refractivity contribution is -0.122. The van der Waals surface area contributed by atoms with Crippen molar-refractivity contribution in [3.8, 4) is 17.1 Å². The molecule has 1 amide bonds. The van der Waals surface area contributed by atoms with Crippen LogP contribution in [-0.4, -0.2) is 43.9 Å². The van der Waals surface area contributed by atoms with Crippen LogP contribution < -0.4 is 14.4 Å². The summed E-state index contributed by atoms with van der Waals surface area (Å²) in [5, 5.41) is 6.59. The Hall–Kier alpha value is -3.40. The molecule has 0 aliphatic carbocycles. The van der Waals surface area contributed by atoms with Crippen LogP contribution in [0.1, 0.15) is 18.4 Å². The van der Waals surface area contributed by atoms with Gasteiger partial charge in [-0.3, -0.25) is 9.10 Å². The van der Waals surface area contributed by atoms with E-state index in [0.717, 1.165) is 21.7 Å². The van der Waals surface area contributed by atoms with E-state index in [4.69, 9.17) is 9.26 Å². The lowest BCUT2D eigenvalue weighted by atomic mass is 10.1. The second-order valence-electron chi connectivity index (χ2n) is 7.03. The molecule has 0 aliphatic heterocycles. The number of hydrogen-bond donors (Lipinski definition) is 1. The first kappa shape index (κ1) is 22.3. The average molecular weight is 445 g/mol. The van der Waals surface area contributed by atoms with Crippen molar-refractivity contribution in [3.63, 3.8) is 0 Å². The minimum absolute atomic E-state index is 0.0256. The highest BCUT2D eigenvalue weighted by Gasteiger charge is 2.29. The van der Waals surface area contributed by atoms with Crippen molar-refractivity contribution in [2.45, 2.75) is 26.4 Å². The number of methoxy groups -OCH3 is 1. The van der Waals surface area contributed by atoms with E-state index in [1.54, 1.807) is 24.3 Å². The summed E-state index contributed by atoms with van der Waals surface area (Å²) >= 11 is 0. The van der Waals surface area contributed by atoms with Gasteiger partial charge in [-0.05, 0) is 44.2 Å². The van der Waals surface area contributed by atoms with Gasteiger partial charge in [0, 0.05) is 5.56 Å². The Balaban J connectivity index is 1.71. The molecule has 3 rings (SSSR count). The van der Waals surface area contributed by atoms with E-state index >= 15 is 0 Å². The van der Waals surface area contributed by atoms with Crippen LogP contribution in [0.15, 0.2) is 53.1 Å². The molecular weight excluding hydrogens is 420 g/mol. The van der Waals surface area contributed by atoms with Gasteiger partial charge in [0.25, 0.3) is 0 Å². The number of hydrogen-bond acceptors (Lipinski definition) is 7. The number of benzene rings is 2. The van der Waals surface area contributed by atoms with Crippen LogP contribution in [-0.2, 0) is 21.4 Å². The van der Waals surface area contributed by atoms with E-state index in [0.29, 0.717) is 17.3 Å². The SMILES string of the molecule is COc1ccc(N([C@@H](C)C(=O)NCc2nc(-c3cccc(C)c3)no2)S(C)(=O)=O)cc1. The quantitative estimate of drug-likeness (QED) is 0.568. The zero-order valence-electron chi connectivity index (χ0n) is 17.7. The largest absolute Gasteiger partial charge is 0.497 e. The summed E-state index contributed by atoms with van der Waals surface area (Å²) in [6.45, 7) is 3.44. The van der Waals surface area contributed by atoms with E-state index in [1.807, 2.05) is 31.2 Å². The summed E-state index contributed by atoms with van der Waals surface area (Å²) in [6, 6.07) is 13.1. The lowest BCUT2D eigenvalue weighted by Crippen LogP contribution is -2.47.